The number of methoxy groups -OCH3 is 1. The van der Waals surface area contributed by atoms with E-state index in [0.29, 0.717) is 0 Å². The fourth-order valence-corrected chi connectivity index (χ4v) is 3.29. The van der Waals surface area contributed by atoms with Crippen LogP contribution in [0.4, 0.5) is 5.82 Å². The summed E-state index contributed by atoms with van der Waals surface area (Å²) < 4.78 is 4.85. The van der Waals surface area contributed by atoms with Crippen LogP contribution in [-0.4, -0.2) is 49.0 Å². The summed E-state index contributed by atoms with van der Waals surface area (Å²) in [7, 11) is 1.54. The summed E-state index contributed by atoms with van der Waals surface area (Å²) in [5.41, 5.74) is 2.54. The molecule has 0 saturated carbocycles. The van der Waals surface area contributed by atoms with Crippen LogP contribution in [0.3, 0.4) is 0 Å². The predicted molar refractivity (Wildman–Crippen MR) is 83.9 cm³/mol. The zero-order chi connectivity index (χ0) is 15.4. The molecular formula is C16H24N4O2. The summed E-state index contributed by atoms with van der Waals surface area (Å²) in [5, 5.41) is 11.8. The van der Waals surface area contributed by atoms with E-state index in [4.69, 9.17) is 4.74 Å². The molecule has 1 aliphatic carbocycles. The molecule has 1 saturated heterocycles. The Hall–Kier alpha value is -1.69. The lowest BCUT2D eigenvalue weighted by molar-refractivity contribution is -0.125. The number of amides is 1. The minimum absolute atomic E-state index is 0.0328. The van der Waals surface area contributed by atoms with Crippen molar-refractivity contribution in [3.05, 3.63) is 17.3 Å². The van der Waals surface area contributed by atoms with Crippen LogP contribution >= 0.6 is 0 Å². The molecular weight excluding hydrogens is 280 g/mol. The number of carbonyl (C=O) groups excluding carboxylic acids is 1. The number of piperidine rings is 1. The van der Waals surface area contributed by atoms with Gasteiger partial charge in [-0.25, -0.2) is 0 Å². The summed E-state index contributed by atoms with van der Waals surface area (Å²) >= 11 is 0. The number of nitrogens with zero attached hydrogens (tertiary/aromatic N) is 3. The van der Waals surface area contributed by atoms with E-state index in [-0.39, 0.29) is 18.6 Å². The average Bonchev–Trinajstić information content (AvgIpc) is 2.55. The van der Waals surface area contributed by atoms with Gasteiger partial charge < -0.3 is 15.0 Å². The molecule has 0 bridgehead atoms. The second kappa shape index (κ2) is 7.05. The molecule has 1 aromatic rings. The first-order chi connectivity index (χ1) is 10.8. The van der Waals surface area contributed by atoms with Crippen LogP contribution < -0.4 is 10.2 Å². The van der Waals surface area contributed by atoms with E-state index in [1.807, 2.05) is 0 Å². The second-order valence-corrected chi connectivity index (χ2v) is 6.14. The molecule has 2 heterocycles. The smallest absolute Gasteiger partial charge is 0.246 e. The molecule has 0 spiro atoms. The van der Waals surface area contributed by atoms with Crippen LogP contribution in [0.25, 0.3) is 0 Å². The van der Waals surface area contributed by atoms with Crippen LogP contribution in [0.2, 0.25) is 0 Å². The zero-order valence-corrected chi connectivity index (χ0v) is 13.2. The molecule has 3 rings (SSSR count). The number of hydrogen-bond donors (Lipinski definition) is 1. The summed E-state index contributed by atoms with van der Waals surface area (Å²) in [6, 6.07) is 2.45. The molecule has 0 atom stereocenters. The number of carbonyl (C=O) groups is 1. The fourth-order valence-electron chi connectivity index (χ4n) is 3.29. The van der Waals surface area contributed by atoms with E-state index in [1.165, 1.54) is 31.2 Å². The lowest BCUT2D eigenvalue weighted by Crippen LogP contribution is -2.45. The monoisotopic (exact) mass is 304 g/mol. The van der Waals surface area contributed by atoms with Crippen molar-refractivity contribution in [2.45, 2.75) is 44.6 Å². The Morgan fingerprint density at radius 2 is 2.09 bits per heavy atom. The Bertz CT molecular complexity index is 527. The molecule has 22 heavy (non-hydrogen) atoms. The van der Waals surface area contributed by atoms with Gasteiger partial charge in [-0.3, -0.25) is 4.79 Å². The molecule has 0 radical (unpaired) electrons. The van der Waals surface area contributed by atoms with Crippen molar-refractivity contribution in [1.82, 2.24) is 15.5 Å². The quantitative estimate of drug-likeness (QED) is 0.902. The van der Waals surface area contributed by atoms with Crippen LogP contribution in [0.5, 0.6) is 0 Å². The molecule has 0 aromatic carbocycles. The number of fused-ring (bicyclic) bond motifs is 1. The molecule has 1 fully saturated rings. The molecule has 0 unspecified atom stereocenters. The first-order valence-electron chi connectivity index (χ1n) is 8.15. The highest BCUT2D eigenvalue weighted by Crippen LogP contribution is 2.24. The van der Waals surface area contributed by atoms with Crippen molar-refractivity contribution in [3.8, 4) is 0 Å². The van der Waals surface area contributed by atoms with Gasteiger partial charge in [-0.1, -0.05) is 0 Å². The van der Waals surface area contributed by atoms with Crippen molar-refractivity contribution in [3.63, 3.8) is 0 Å². The normalized spacial score (nSPS) is 18.9. The van der Waals surface area contributed by atoms with Gasteiger partial charge in [0.15, 0.2) is 5.82 Å². The van der Waals surface area contributed by atoms with Gasteiger partial charge in [0.1, 0.15) is 6.61 Å². The second-order valence-electron chi connectivity index (χ2n) is 6.14. The number of anilines is 1. The predicted octanol–water partition coefficient (Wildman–Crippen LogP) is 1.09. The summed E-state index contributed by atoms with van der Waals surface area (Å²) in [6.07, 6.45) is 6.55. The minimum atomic E-state index is -0.0328. The van der Waals surface area contributed by atoms with E-state index >= 15 is 0 Å². The number of aromatic nitrogens is 2. The van der Waals surface area contributed by atoms with Crippen LogP contribution in [0.1, 0.15) is 36.9 Å². The maximum absolute atomic E-state index is 11.6. The Morgan fingerprint density at radius 3 is 2.86 bits per heavy atom. The number of ether oxygens (including phenoxy) is 1. The molecule has 1 amide bonds. The molecule has 1 aromatic heterocycles. The lowest BCUT2D eigenvalue weighted by atomic mass is 9.96. The van der Waals surface area contributed by atoms with Gasteiger partial charge >= 0.3 is 0 Å². The van der Waals surface area contributed by atoms with E-state index in [0.717, 1.165) is 44.6 Å². The average molecular weight is 304 g/mol. The standard InChI is InChI=1S/C16H24N4O2/c1-22-11-16(21)17-13-6-8-20(9-7-13)15-10-12-4-2-3-5-14(12)18-19-15/h10,13H,2-9,11H2,1H3,(H,17,21). The van der Waals surface area contributed by atoms with Gasteiger partial charge in [-0.2, -0.15) is 5.10 Å². The van der Waals surface area contributed by atoms with Gasteiger partial charge in [0, 0.05) is 26.2 Å². The van der Waals surface area contributed by atoms with Crippen molar-refractivity contribution >= 4 is 11.7 Å². The molecule has 120 valence electrons. The third kappa shape index (κ3) is 3.55. The molecule has 6 heteroatoms. The van der Waals surface area contributed by atoms with Gasteiger partial charge in [-0.15, -0.1) is 5.10 Å². The third-order valence-electron chi connectivity index (χ3n) is 4.52. The topological polar surface area (TPSA) is 67.3 Å². The van der Waals surface area contributed by atoms with Crippen molar-refractivity contribution in [2.75, 3.05) is 31.7 Å². The van der Waals surface area contributed by atoms with E-state index in [9.17, 15) is 4.79 Å². The Morgan fingerprint density at radius 1 is 1.32 bits per heavy atom. The highest BCUT2D eigenvalue weighted by atomic mass is 16.5. The first-order valence-corrected chi connectivity index (χ1v) is 8.15. The van der Waals surface area contributed by atoms with Gasteiger partial charge in [0.2, 0.25) is 5.91 Å². The number of hydrogen-bond acceptors (Lipinski definition) is 5. The van der Waals surface area contributed by atoms with Crippen molar-refractivity contribution < 1.29 is 9.53 Å². The maximum Gasteiger partial charge on any atom is 0.246 e. The maximum atomic E-state index is 11.6. The summed E-state index contributed by atoms with van der Waals surface area (Å²) in [6.45, 7) is 1.95. The van der Waals surface area contributed by atoms with E-state index in [2.05, 4.69) is 26.5 Å². The molecule has 6 nitrogen and oxygen atoms in total. The van der Waals surface area contributed by atoms with Crippen LogP contribution in [0.15, 0.2) is 6.07 Å². The van der Waals surface area contributed by atoms with E-state index < -0.39 is 0 Å². The third-order valence-corrected chi connectivity index (χ3v) is 4.52. The van der Waals surface area contributed by atoms with Crippen molar-refractivity contribution in [2.24, 2.45) is 0 Å². The van der Waals surface area contributed by atoms with Crippen LogP contribution in [-0.2, 0) is 22.4 Å². The SMILES string of the molecule is COCC(=O)NC1CCN(c2cc3c(nn2)CCCC3)CC1. The molecule has 1 aliphatic heterocycles. The highest BCUT2D eigenvalue weighted by molar-refractivity contribution is 5.77. The number of rotatable bonds is 4. The lowest BCUT2D eigenvalue weighted by Gasteiger charge is -2.33. The fraction of sp³-hybridized carbons (Fsp3) is 0.688. The zero-order valence-electron chi connectivity index (χ0n) is 13.2. The van der Waals surface area contributed by atoms with Gasteiger partial charge in [0.05, 0.1) is 5.69 Å². The van der Waals surface area contributed by atoms with Crippen LogP contribution in [0, 0.1) is 0 Å². The highest BCUT2D eigenvalue weighted by Gasteiger charge is 2.22. The van der Waals surface area contributed by atoms with Gasteiger partial charge in [0.25, 0.3) is 0 Å². The Labute approximate surface area is 131 Å². The number of aryl methyl sites for hydroxylation is 2. The molecule has 2 aliphatic rings. The summed E-state index contributed by atoms with van der Waals surface area (Å²) in [5.74, 6) is 0.955. The van der Waals surface area contributed by atoms with E-state index in [1.54, 1.807) is 0 Å². The van der Waals surface area contributed by atoms with Gasteiger partial charge in [-0.05, 0) is 50.2 Å². The largest absolute Gasteiger partial charge is 0.375 e. The first kappa shape index (κ1) is 15.2. The Kier molecular flexibility index (Phi) is 4.87. The summed E-state index contributed by atoms with van der Waals surface area (Å²) in [4.78, 5) is 13.8. The number of nitrogens with one attached hydrogen (secondary N) is 1. The Balaban J connectivity index is 1.56. The van der Waals surface area contributed by atoms with Crippen molar-refractivity contribution in [1.29, 1.82) is 0 Å². The molecule has 1 N–H and O–H groups in total. The minimum Gasteiger partial charge on any atom is -0.375 e.